The van der Waals surface area contributed by atoms with Crippen molar-refractivity contribution in [2.45, 2.75) is 13.8 Å². The molecule has 1 aromatic rings. The molecule has 0 atom stereocenters. The first-order chi connectivity index (χ1) is 10.0. The second kappa shape index (κ2) is 6.56. The highest BCUT2D eigenvalue weighted by molar-refractivity contribution is 5.97. The van der Waals surface area contributed by atoms with Crippen LogP contribution in [0.3, 0.4) is 0 Å². The van der Waals surface area contributed by atoms with Crippen LogP contribution in [0.4, 0.5) is 0 Å². The van der Waals surface area contributed by atoms with E-state index >= 15 is 0 Å². The van der Waals surface area contributed by atoms with Gasteiger partial charge in [0.1, 0.15) is 5.56 Å². The number of likely N-dealkylation sites (tertiary alicyclic amines) is 1. The highest BCUT2D eigenvalue weighted by Gasteiger charge is 2.36. The first-order valence-corrected chi connectivity index (χ1v) is 7.11. The largest absolute Gasteiger partial charge is 0.477 e. The molecule has 1 fully saturated rings. The van der Waals surface area contributed by atoms with Crippen LogP contribution in [0.5, 0.6) is 5.88 Å². The lowest BCUT2D eigenvalue weighted by molar-refractivity contribution is -0.128. The Morgan fingerprint density at radius 3 is 2.81 bits per heavy atom. The fourth-order valence-electron chi connectivity index (χ4n) is 2.10. The monoisotopic (exact) mass is 291 g/mol. The third-order valence-corrected chi connectivity index (χ3v) is 3.34. The molecular formula is C15H21N3O3. The van der Waals surface area contributed by atoms with E-state index in [0.29, 0.717) is 37.1 Å². The fraction of sp³-hybridized carbons (Fsp3) is 0.533. The van der Waals surface area contributed by atoms with E-state index in [4.69, 9.17) is 4.74 Å². The Kier molecular flexibility index (Phi) is 4.77. The van der Waals surface area contributed by atoms with Crippen molar-refractivity contribution < 1.29 is 14.3 Å². The summed E-state index contributed by atoms with van der Waals surface area (Å²) in [5.41, 5.74) is 0.452. The Labute approximate surface area is 124 Å². The zero-order valence-electron chi connectivity index (χ0n) is 12.6. The van der Waals surface area contributed by atoms with Gasteiger partial charge in [-0.05, 0) is 18.1 Å². The number of carbonyl (C=O) groups excluding carboxylic acids is 2. The summed E-state index contributed by atoms with van der Waals surface area (Å²) < 4.78 is 5.60. The summed E-state index contributed by atoms with van der Waals surface area (Å²) in [6.45, 7) is 5.47. The number of ether oxygens (including phenoxy) is 1. The number of rotatable bonds is 5. The van der Waals surface area contributed by atoms with Gasteiger partial charge in [-0.1, -0.05) is 13.8 Å². The van der Waals surface area contributed by atoms with Gasteiger partial charge in [-0.25, -0.2) is 4.98 Å². The van der Waals surface area contributed by atoms with E-state index in [-0.39, 0.29) is 17.7 Å². The van der Waals surface area contributed by atoms with Crippen molar-refractivity contribution in [3.8, 4) is 5.88 Å². The zero-order valence-corrected chi connectivity index (χ0v) is 12.6. The SMILES string of the molecule is CNC(=O)C1CN(C(=O)c2cccnc2OCC(C)C)C1. The van der Waals surface area contributed by atoms with Crippen LogP contribution in [0.1, 0.15) is 24.2 Å². The van der Waals surface area contributed by atoms with Gasteiger partial charge in [0.2, 0.25) is 11.8 Å². The van der Waals surface area contributed by atoms with Crippen molar-refractivity contribution >= 4 is 11.8 Å². The fourth-order valence-corrected chi connectivity index (χ4v) is 2.10. The van der Waals surface area contributed by atoms with Gasteiger partial charge in [-0.15, -0.1) is 0 Å². The molecule has 2 amide bonds. The number of carbonyl (C=O) groups is 2. The van der Waals surface area contributed by atoms with Crippen molar-refractivity contribution in [1.82, 2.24) is 15.2 Å². The van der Waals surface area contributed by atoms with Crippen LogP contribution in [0.25, 0.3) is 0 Å². The van der Waals surface area contributed by atoms with E-state index in [2.05, 4.69) is 10.3 Å². The van der Waals surface area contributed by atoms with Crippen LogP contribution in [0.2, 0.25) is 0 Å². The van der Waals surface area contributed by atoms with Crippen LogP contribution < -0.4 is 10.1 Å². The Bertz CT molecular complexity index is 525. The van der Waals surface area contributed by atoms with E-state index in [1.54, 1.807) is 30.3 Å². The number of nitrogens with one attached hydrogen (secondary N) is 1. The van der Waals surface area contributed by atoms with Crippen molar-refractivity contribution in [3.05, 3.63) is 23.9 Å². The average molecular weight is 291 g/mol. The van der Waals surface area contributed by atoms with Crippen molar-refractivity contribution in [2.24, 2.45) is 11.8 Å². The van der Waals surface area contributed by atoms with Crippen LogP contribution >= 0.6 is 0 Å². The summed E-state index contributed by atoms with van der Waals surface area (Å²) in [6, 6.07) is 3.42. The summed E-state index contributed by atoms with van der Waals surface area (Å²) in [4.78, 5) is 29.7. The molecule has 1 aliphatic rings. The van der Waals surface area contributed by atoms with E-state index in [9.17, 15) is 9.59 Å². The molecule has 1 aliphatic heterocycles. The van der Waals surface area contributed by atoms with Crippen LogP contribution in [-0.2, 0) is 4.79 Å². The minimum absolute atomic E-state index is 0.0264. The van der Waals surface area contributed by atoms with E-state index in [0.717, 1.165) is 0 Å². The van der Waals surface area contributed by atoms with Gasteiger partial charge in [-0.2, -0.15) is 0 Å². The molecule has 6 heteroatoms. The molecule has 0 spiro atoms. The first-order valence-electron chi connectivity index (χ1n) is 7.11. The zero-order chi connectivity index (χ0) is 15.4. The standard InChI is InChI=1S/C15H21N3O3/c1-10(2)9-21-14-12(5-4-6-17-14)15(20)18-7-11(8-18)13(19)16-3/h4-6,10-11H,7-9H2,1-3H3,(H,16,19). The minimum atomic E-state index is -0.137. The van der Waals surface area contributed by atoms with Gasteiger partial charge >= 0.3 is 0 Å². The smallest absolute Gasteiger partial charge is 0.259 e. The summed E-state index contributed by atoms with van der Waals surface area (Å²) in [6.07, 6.45) is 1.61. The topological polar surface area (TPSA) is 71.5 Å². The molecule has 1 saturated heterocycles. The summed E-state index contributed by atoms with van der Waals surface area (Å²) >= 11 is 0. The van der Waals surface area contributed by atoms with Crippen molar-refractivity contribution in [3.63, 3.8) is 0 Å². The maximum atomic E-state index is 12.4. The van der Waals surface area contributed by atoms with Crippen LogP contribution in [0, 0.1) is 11.8 Å². The molecule has 2 heterocycles. The van der Waals surface area contributed by atoms with Crippen molar-refractivity contribution in [2.75, 3.05) is 26.7 Å². The van der Waals surface area contributed by atoms with Gasteiger partial charge < -0.3 is 15.0 Å². The third kappa shape index (κ3) is 3.51. The molecule has 0 bridgehead atoms. The lowest BCUT2D eigenvalue weighted by Crippen LogP contribution is -2.55. The molecule has 0 aromatic carbocycles. The normalized spacial score (nSPS) is 14.8. The first kappa shape index (κ1) is 15.3. The minimum Gasteiger partial charge on any atom is -0.477 e. The molecule has 21 heavy (non-hydrogen) atoms. The van der Waals surface area contributed by atoms with Crippen LogP contribution in [0.15, 0.2) is 18.3 Å². The quantitative estimate of drug-likeness (QED) is 0.876. The number of hydrogen-bond donors (Lipinski definition) is 1. The van der Waals surface area contributed by atoms with Crippen molar-refractivity contribution in [1.29, 1.82) is 0 Å². The Morgan fingerprint density at radius 2 is 2.19 bits per heavy atom. The second-order valence-corrected chi connectivity index (χ2v) is 5.58. The van der Waals surface area contributed by atoms with E-state index in [1.165, 1.54) is 0 Å². The van der Waals surface area contributed by atoms with Gasteiger partial charge in [0.05, 0.1) is 12.5 Å². The Morgan fingerprint density at radius 1 is 1.48 bits per heavy atom. The lowest BCUT2D eigenvalue weighted by atomic mass is 9.98. The molecular weight excluding hydrogens is 270 g/mol. The van der Waals surface area contributed by atoms with E-state index < -0.39 is 0 Å². The number of pyridine rings is 1. The maximum Gasteiger partial charge on any atom is 0.259 e. The predicted octanol–water partition coefficient (Wildman–Crippen LogP) is 0.934. The average Bonchev–Trinajstić information content (AvgIpc) is 2.43. The number of nitrogens with zero attached hydrogens (tertiary/aromatic N) is 2. The van der Waals surface area contributed by atoms with E-state index in [1.807, 2.05) is 13.8 Å². The number of aromatic nitrogens is 1. The molecule has 0 aliphatic carbocycles. The molecule has 0 saturated carbocycles. The maximum absolute atomic E-state index is 12.4. The highest BCUT2D eigenvalue weighted by Crippen LogP contribution is 2.23. The van der Waals surface area contributed by atoms with Gasteiger partial charge in [-0.3, -0.25) is 9.59 Å². The predicted molar refractivity (Wildman–Crippen MR) is 78.0 cm³/mol. The molecule has 114 valence electrons. The Hall–Kier alpha value is -2.11. The van der Waals surface area contributed by atoms with Gasteiger partial charge in [0.15, 0.2) is 0 Å². The van der Waals surface area contributed by atoms with Crippen LogP contribution in [-0.4, -0.2) is 48.4 Å². The summed E-state index contributed by atoms with van der Waals surface area (Å²) in [5, 5.41) is 2.60. The van der Waals surface area contributed by atoms with Gasteiger partial charge in [0.25, 0.3) is 5.91 Å². The highest BCUT2D eigenvalue weighted by atomic mass is 16.5. The summed E-state index contributed by atoms with van der Waals surface area (Å²) in [5.74, 6) is 0.440. The molecule has 6 nitrogen and oxygen atoms in total. The molecule has 1 N–H and O–H groups in total. The molecule has 2 rings (SSSR count). The number of hydrogen-bond acceptors (Lipinski definition) is 4. The molecule has 1 aromatic heterocycles. The van der Waals surface area contributed by atoms with Gasteiger partial charge in [0, 0.05) is 26.3 Å². The third-order valence-electron chi connectivity index (χ3n) is 3.34. The summed E-state index contributed by atoms with van der Waals surface area (Å²) in [7, 11) is 1.60. The molecule has 0 radical (unpaired) electrons. The Balaban J connectivity index is 2.02. The lowest BCUT2D eigenvalue weighted by Gasteiger charge is -2.38. The molecule has 0 unspecified atom stereocenters. The number of amides is 2. The second-order valence-electron chi connectivity index (χ2n) is 5.58.